The largest absolute Gasteiger partial charge is 0.462 e. The van der Waals surface area contributed by atoms with Gasteiger partial charge < -0.3 is 14.2 Å². The highest BCUT2D eigenvalue weighted by Gasteiger charge is 2.19. The van der Waals surface area contributed by atoms with E-state index in [2.05, 4.69) is 99.8 Å². The van der Waals surface area contributed by atoms with E-state index >= 15 is 0 Å². The van der Waals surface area contributed by atoms with Crippen molar-refractivity contribution in [2.75, 3.05) is 13.2 Å². The van der Waals surface area contributed by atoms with Gasteiger partial charge in [0.2, 0.25) is 0 Å². The number of hydrogen-bond donors (Lipinski definition) is 0. The maximum Gasteiger partial charge on any atom is 0.306 e. The van der Waals surface area contributed by atoms with Crippen LogP contribution in [0.5, 0.6) is 0 Å². The second kappa shape index (κ2) is 41.3. The Labute approximate surface area is 325 Å². The summed E-state index contributed by atoms with van der Waals surface area (Å²) in [5.41, 5.74) is 0. The van der Waals surface area contributed by atoms with Crippen molar-refractivity contribution >= 4 is 17.9 Å². The molecule has 0 aliphatic rings. The average Bonchev–Trinajstić information content (AvgIpc) is 3.15. The van der Waals surface area contributed by atoms with Gasteiger partial charge in [-0.3, -0.25) is 14.4 Å². The van der Waals surface area contributed by atoms with Crippen LogP contribution in [0.2, 0.25) is 0 Å². The molecule has 0 spiro atoms. The van der Waals surface area contributed by atoms with E-state index in [1.54, 1.807) is 0 Å². The highest BCUT2D eigenvalue weighted by Crippen LogP contribution is 2.12. The van der Waals surface area contributed by atoms with Gasteiger partial charge in [-0.05, 0) is 83.5 Å². The lowest BCUT2D eigenvalue weighted by Gasteiger charge is -2.18. The fourth-order valence-electron chi connectivity index (χ4n) is 5.27. The van der Waals surface area contributed by atoms with Crippen LogP contribution in [0.1, 0.15) is 175 Å². The third-order valence-corrected chi connectivity index (χ3v) is 8.43. The number of rotatable bonds is 36. The minimum atomic E-state index is -0.811. The van der Waals surface area contributed by atoms with Crippen molar-refractivity contribution in [2.24, 2.45) is 0 Å². The molecule has 0 fully saturated rings. The molecule has 0 aromatic carbocycles. The van der Waals surface area contributed by atoms with Crippen molar-refractivity contribution in [2.45, 2.75) is 181 Å². The van der Waals surface area contributed by atoms with E-state index in [0.29, 0.717) is 19.3 Å². The first kappa shape index (κ1) is 49.6. The second-order valence-corrected chi connectivity index (χ2v) is 13.5. The topological polar surface area (TPSA) is 78.9 Å². The predicted octanol–water partition coefficient (Wildman–Crippen LogP) is 13.3. The van der Waals surface area contributed by atoms with Crippen molar-refractivity contribution in [3.63, 3.8) is 0 Å². The molecule has 0 bridgehead atoms. The fraction of sp³-hybridized carbons (Fsp3) is 0.638. The quantitative estimate of drug-likeness (QED) is 0.0209. The van der Waals surface area contributed by atoms with Gasteiger partial charge in [0.25, 0.3) is 0 Å². The molecule has 0 aromatic heterocycles. The molecular formula is C47H76O6. The first-order chi connectivity index (χ1) is 26.0. The Balaban J connectivity index is 4.51. The van der Waals surface area contributed by atoms with Crippen LogP contribution < -0.4 is 0 Å². The third-order valence-electron chi connectivity index (χ3n) is 8.43. The molecule has 0 amide bonds. The molecular weight excluding hydrogens is 661 g/mol. The fourth-order valence-corrected chi connectivity index (χ4v) is 5.27. The van der Waals surface area contributed by atoms with E-state index < -0.39 is 6.10 Å². The molecule has 0 saturated carbocycles. The zero-order chi connectivity index (χ0) is 38.7. The monoisotopic (exact) mass is 737 g/mol. The number of carbonyl (C=O) groups is 3. The minimum absolute atomic E-state index is 0.110. The van der Waals surface area contributed by atoms with Crippen LogP contribution >= 0.6 is 0 Å². The van der Waals surface area contributed by atoms with Crippen molar-refractivity contribution in [3.8, 4) is 0 Å². The predicted molar refractivity (Wildman–Crippen MR) is 224 cm³/mol. The molecule has 0 saturated heterocycles. The lowest BCUT2D eigenvalue weighted by atomic mass is 10.1. The first-order valence-electron chi connectivity index (χ1n) is 21.1. The molecule has 0 rings (SSSR count). The van der Waals surface area contributed by atoms with E-state index in [4.69, 9.17) is 14.2 Å². The van der Waals surface area contributed by atoms with Gasteiger partial charge in [0.15, 0.2) is 6.10 Å². The lowest BCUT2D eigenvalue weighted by molar-refractivity contribution is -0.167. The molecule has 0 N–H and O–H groups in total. The molecule has 0 aliphatic carbocycles. The van der Waals surface area contributed by atoms with Crippen LogP contribution in [0.25, 0.3) is 0 Å². The van der Waals surface area contributed by atoms with Crippen LogP contribution in [-0.4, -0.2) is 37.2 Å². The second-order valence-electron chi connectivity index (χ2n) is 13.5. The molecule has 1 atom stereocenters. The Bertz CT molecular complexity index is 1080. The van der Waals surface area contributed by atoms with Gasteiger partial charge >= 0.3 is 17.9 Å². The van der Waals surface area contributed by atoms with Crippen molar-refractivity contribution in [1.29, 1.82) is 0 Å². The smallest absolute Gasteiger partial charge is 0.306 e. The number of allylic oxidation sites excluding steroid dienone is 14. The number of ether oxygens (including phenoxy) is 3. The summed E-state index contributed by atoms with van der Waals surface area (Å²) in [6.07, 6.45) is 51.5. The highest BCUT2D eigenvalue weighted by atomic mass is 16.6. The maximum atomic E-state index is 12.6. The Hall–Kier alpha value is -3.41. The summed E-state index contributed by atoms with van der Waals surface area (Å²) >= 11 is 0. The van der Waals surface area contributed by atoms with Crippen molar-refractivity contribution < 1.29 is 28.6 Å². The normalized spacial score (nSPS) is 12.9. The number of esters is 3. The van der Waals surface area contributed by atoms with Gasteiger partial charge in [-0.15, -0.1) is 0 Å². The molecule has 53 heavy (non-hydrogen) atoms. The Morgan fingerprint density at radius 2 is 0.849 bits per heavy atom. The van der Waals surface area contributed by atoms with Gasteiger partial charge in [0.1, 0.15) is 13.2 Å². The zero-order valence-electron chi connectivity index (χ0n) is 34.0. The molecule has 0 radical (unpaired) electrons. The summed E-state index contributed by atoms with van der Waals surface area (Å²) in [6, 6.07) is 0. The van der Waals surface area contributed by atoms with E-state index in [1.807, 2.05) is 6.08 Å². The van der Waals surface area contributed by atoms with Crippen molar-refractivity contribution in [3.05, 3.63) is 85.1 Å². The summed E-state index contributed by atoms with van der Waals surface area (Å²) in [4.78, 5) is 37.6. The van der Waals surface area contributed by atoms with Crippen LogP contribution in [0, 0.1) is 0 Å². The third kappa shape index (κ3) is 39.6. The average molecular weight is 737 g/mol. The molecule has 0 heterocycles. The van der Waals surface area contributed by atoms with Crippen LogP contribution in [0.15, 0.2) is 85.1 Å². The van der Waals surface area contributed by atoms with Gasteiger partial charge in [0, 0.05) is 19.3 Å². The molecule has 300 valence electrons. The van der Waals surface area contributed by atoms with Crippen LogP contribution in [-0.2, 0) is 28.6 Å². The number of carbonyl (C=O) groups excluding carboxylic acids is 3. The number of hydrogen-bond acceptors (Lipinski definition) is 6. The Kier molecular flexibility index (Phi) is 38.7. The van der Waals surface area contributed by atoms with E-state index in [1.165, 1.54) is 25.7 Å². The van der Waals surface area contributed by atoms with E-state index in [-0.39, 0.29) is 37.5 Å². The SMILES string of the molecule is CC\C=C/C=C\C=C/CCCCCCCC(=O)OCC(COC(=O)CCCCCCC/C=C\CCCC)OC(=O)CCC/C=C\C/C=C\C/C=C\CC. The number of unbranched alkanes of at least 4 members (excludes halogenated alkanes) is 13. The van der Waals surface area contributed by atoms with Crippen LogP contribution in [0.4, 0.5) is 0 Å². The summed E-state index contributed by atoms with van der Waals surface area (Å²) in [7, 11) is 0. The standard InChI is InChI=1S/C47H76O6/c1-4-7-10-13-16-19-22-23-26-28-31-34-37-40-46(49)52-43-44(53-47(50)41-38-35-32-29-25-21-18-15-12-9-6-3)42-51-45(48)39-36-33-30-27-24-20-17-14-11-8-5-2/h7,9-10,12-14,16-19,21-22,29,32,44H,4-6,8,11,15,20,23-28,30-31,33-43H2,1-3H3/b10-7-,12-9-,16-13-,17-14-,21-18-,22-19-,32-29-. The van der Waals surface area contributed by atoms with E-state index in [0.717, 1.165) is 103 Å². The Morgan fingerprint density at radius 3 is 1.43 bits per heavy atom. The molecule has 6 nitrogen and oxygen atoms in total. The van der Waals surface area contributed by atoms with Crippen LogP contribution in [0.3, 0.4) is 0 Å². The first-order valence-corrected chi connectivity index (χ1v) is 21.1. The molecule has 0 aromatic rings. The highest BCUT2D eigenvalue weighted by molar-refractivity contribution is 5.71. The minimum Gasteiger partial charge on any atom is -0.462 e. The summed E-state index contributed by atoms with van der Waals surface area (Å²) in [5, 5.41) is 0. The molecule has 0 aliphatic heterocycles. The van der Waals surface area contributed by atoms with Gasteiger partial charge in [0.05, 0.1) is 0 Å². The van der Waals surface area contributed by atoms with Gasteiger partial charge in [-0.1, -0.05) is 157 Å². The molecule has 1 unspecified atom stereocenters. The lowest BCUT2D eigenvalue weighted by Crippen LogP contribution is -2.30. The summed E-state index contributed by atoms with van der Waals surface area (Å²) in [6.45, 7) is 6.24. The summed E-state index contributed by atoms with van der Waals surface area (Å²) < 4.78 is 16.6. The van der Waals surface area contributed by atoms with E-state index in [9.17, 15) is 14.4 Å². The van der Waals surface area contributed by atoms with Gasteiger partial charge in [-0.25, -0.2) is 0 Å². The zero-order valence-corrected chi connectivity index (χ0v) is 34.0. The van der Waals surface area contributed by atoms with Gasteiger partial charge in [-0.2, -0.15) is 0 Å². The summed E-state index contributed by atoms with van der Waals surface area (Å²) in [5.74, 6) is -1.01. The maximum absolute atomic E-state index is 12.6. The molecule has 6 heteroatoms. The van der Waals surface area contributed by atoms with Crippen molar-refractivity contribution in [1.82, 2.24) is 0 Å². The Morgan fingerprint density at radius 1 is 0.415 bits per heavy atom.